The molecule has 20 heavy (non-hydrogen) atoms. The van der Waals surface area contributed by atoms with Gasteiger partial charge in [-0.2, -0.15) is 0 Å². The van der Waals surface area contributed by atoms with Gasteiger partial charge in [0.2, 0.25) is 0 Å². The van der Waals surface area contributed by atoms with Crippen molar-refractivity contribution in [3.63, 3.8) is 0 Å². The Hall–Kier alpha value is -2.62. The predicted molar refractivity (Wildman–Crippen MR) is 80.6 cm³/mol. The monoisotopic (exact) mass is 267 g/mol. The van der Waals surface area contributed by atoms with Gasteiger partial charge in [0.05, 0.1) is 11.2 Å². The molecule has 100 valence electrons. The number of benzene rings is 2. The first-order valence-electron chi connectivity index (χ1n) is 6.31. The topological polar surface area (TPSA) is 50.9 Å². The van der Waals surface area contributed by atoms with Gasteiger partial charge in [0.15, 0.2) is 0 Å². The standard InChI is InChI=1S/C16H14FN3/c1-10-2-5-15(13(17)8-10)20-14-6-7-19-16-9-11(18)3-4-12(14)16/h2-9H,18H2,1H3,(H,19,20). The van der Waals surface area contributed by atoms with Crippen molar-refractivity contribution in [3.8, 4) is 0 Å². The summed E-state index contributed by atoms with van der Waals surface area (Å²) in [6.45, 7) is 1.86. The van der Waals surface area contributed by atoms with E-state index in [0.29, 0.717) is 11.4 Å². The second-order valence-corrected chi connectivity index (χ2v) is 4.74. The van der Waals surface area contributed by atoms with Crippen LogP contribution in [0.25, 0.3) is 10.9 Å². The van der Waals surface area contributed by atoms with Gasteiger partial charge in [0.1, 0.15) is 5.82 Å². The van der Waals surface area contributed by atoms with Gasteiger partial charge in [-0.15, -0.1) is 0 Å². The summed E-state index contributed by atoms with van der Waals surface area (Å²) in [5, 5.41) is 4.01. The molecule has 1 aromatic heterocycles. The number of nitrogens with one attached hydrogen (secondary N) is 1. The molecule has 3 rings (SSSR count). The summed E-state index contributed by atoms with van der Waals surface area (Å²) in [4.78, 5) is 4.27. The third kappa shape index (κ3) is 2.28. The highest BCUT2D eigenvalue weighted by Gasteiger charge is 2.06. The Morgan fingerprint density at radius 2 is 1.90 bits per heavy atom. The van der Waals surface area contributed by atoms with Crippen molar-refractivity contribution in [2.24, 2.45) is 0 Å². The van der Waals surface area contributed by atoms with E-state index >= 15 is 0 Å². The van der Waals surface area contributed by atoms with Gasteiger partial charge in [-0.05, 0) is 48.9 Å². The van der Waals surface area contributed by atoms with Crippen LogP contribution < -0.4 is 11.1 Å². The van der Waals surface area contributed by atoms with Crippen LogP contribution in [0.4, 0.5) is 21.5 Å². The number of pyridine rings is 1. The fraction of sp³-hybridized carbons (Fsp3) is 0.0625. The first kappa shape index (κ1) is 12.4. The fourth-order valence-corrected chi connectivity index (χ4v) is 2.14. The lowest BCUT2D eigenvalue weighted by atomic mass is 10.1. The van der Waals surface area contributed by atoms with E-state index in [1.54, 1.807) is 24.4 Å². The first-order valence-corrected chi connectivity index (χ1v) is 6.31. The molecule has 0 amide bonds. The average Bonchev–Trinajstić information content (AvgIpc) is 2.41. The third-order valence-corrected chi connectivity index (χ3v) is 3.16. The molecule has 3 nitrogen and oxygen atoms in total. The summed E-state index contributed by atoms with van der Waals surface area (Å²) < 4.78 is 13.9. The second kappa shape index (κ2) is 4.81. The molecule has 0 saturated carbocycles. The number of nitrogen functional groups attached to an aromatic ring is 1. The highest BCUT2D eigenvalue weighted by molar-refractivity contribution is 5.94. The van der Waals surface area contributed by atoms with Crippen molar-refractivity contribution in [2.75, 3.05) is 11.1 Å². The summed E-state index contributed by atoms with van der Waals surface area (Å²) in [6, 6.07) is 12.4. The smallest absolute Gasteiger partial charge is 0.146 e. The van der Waals surface area contributed by atoms with E-state index in [1.165, 1.54) is 6.07 Å². The number of halogens is 1. The number of aryl methyl sites for hydroxylation is 1. The van der Waals surface area contributed by atoms with E-state index in [2.05, 4.69) is 10.3 Å². The Bertz CT molecular complexity index is 784. The number of nitrogens with zero attached hydrogens (tertiary/aromatic N) is 1. The zero-order chi connectivity index (χ0) is 14.1. The lowest BCUT2D eigenvalue weighted by molar-refractivity contribution is 0.631. The maximum Gasteiger partial charge on any atom is 0.146 e. The van der Waals surface area contributed by atoms with Gasteiger partial charge in [-0.25, -0.2) is 4.39 Å². The van der Waals surface area contributed by atoms with E-state index in [4.69, 9.17) is 5.73 Å². The minimum Gasteiger partial charge on any atom is -0.399 e. The number of nitrogens with two attached hydrogens (primary N) is 1. The Balaban J connectivity index is 2.06. The molecule has 3 N–H and O–H groups in total. The van der Waals surface area contributed by atoms with Crippen molar-refractivity contribution >= 4 is 28.0 Å². The largest absolute Gasteiger partial charge is 0.399 e. The molecule has 0 aliphatic carbocycles. The molecule has 0 atom stereocenters. The van der Waals surface area contributed by atoms with Crippen molar-refractivity contribution in [2.45, 2.75) is 6.92 Å². The summed E-state index contributed by atoms with van der Waals surface area (Å²) >= 11 is 0. The molecule has 0 fully saturated rings. The van der Waals surface area contributed by atoms with Crippen LogP contribution in [0.2, 0.25) is 0 Å². The van der Waals surface area contributed by atoms with E-state index < -0.39 is 0 Å². The minimum absolute atomic E-state index is 0.273. The number of hydrogen-bond acceptors (Lipinski definition) is 3. The van der Waals surface area contributed by atoms with Crippen molar-refractivity contribution in [1.29, 1.82) is 0 Å². The van der Waals surface area contributed by atoms with E-state index in [0.717, 1.165) is 22.2 Å². The molecular formula is C16H14FN3. The highest BCUT2D eigenvalue weighted by atomic mass is 19.1. The number of aromatic nitrogens is 1. The molecule has 2 aromatic carbocycles. The van der Waals surface area contributed by atoms with Crippen molar-refractivity contribution < 1.29 is 4.39 Å². The molecule has 3 aromatic rings. The van der Waals surface area contributed by atoms with Crippen LogP contribution >= 0.6 is 0 Å². The maximum atomic E-state index is 13.9. The van der Waals surface area contributed by atoms with Gasteiger partial charge in [0, 0.05) is 23.0 Å². The molecule has 0 aliphatic rings. The second-order valence-electron chi connectivity index (χ2n) is 4.74. The molecule has 0 radical (unpaired) electrons. The summed E-state index contributed by atoms with van der Waals surface area (Å²) in [6.07, 6.45) is 1.68. The number of anilines is 3. The van der Waals surface area contributed by atoms with Crippen LogP contribution in [0, 0.1) is 12.7 Å². The summed E-state index contributed by atoms with van der Waals surface area (Å²) in [7, 11) is 0. The Morgan fingerprint density at radius 3 is 2.70 bits per heavy atom. The average molecular weight is 267 g/mol. The fourth-order valence-electron chi connectivity index (χ4n) is 2.14. The van der Waals surface area contributed by atoms with Crippen LogP contribution in [0.5, 0.6) is 0 Å². The molecule has 4 heteroatoms. The molecule has 0 spiro atoms. The van der Waals surface area contributed by atoms with Gasteiger partial charge < -0.3 is 11.1 Å². The molecule has 0 aliphatic heterocycles. The Labute approximate surface area is 116 Å². The number of fused-ring (bicyclic) bond motifs is 1. The molecule has 0 saturated heterocycles. The SMILES string of the molecule is Cc1ccc(Nc2ccnc3cc(N)ccc23)c(F)c1. The van der Waals surface area contributed by atoms with Gasteiger partial charge in [-0.3, -0.25) is 4.98 Å². The quantitative estimate of drug-likeness (QED) is 0.690. The Kier molecular flexibility index (Phi) is 2.99. The summed E-state index contributed by atoms with van der Waals surface area (Å²) in [5.74, 6) is -0.273. The number of rotatable bonds is 2. The first-order chi connectivity index (χ1) is 9.63. The lowest BCUT2D eigenvalue weighted by Gasteiger charge is -2.11. The van der Waals surface area contributed by atoms with Crippen LogP contribution in [0.3, 0.4) is 0 Å². The van der Waals surface area contributed by atoms with E-state index in [9.17, 15) is 4.39 Å². The minimum atomic E-state index is -0.273. The highest BCUT2D eigenvalue weighted by Crippen LogP contribution is 2.27. The maximum absolute atomic E-state index is 13.9. The summed E-state index contributed by atoms with van der Waals surface area (Å²) in [5.41, 5.74) is 9.32. The zero-order valence-electron chi connectivity index (χ0n) is 11.0. The predicted octanol–water partition coefficient (Wildman–Crippen LogP) is 4.01. The molecule has 0 unspecified atom stereocenters. The van der Waals surface area contributed by atoms with Gasteiger partial charge in [0.25, 0.3) is 0 Å². The van der Waals surface area contributed by atoms with Crippen molar-refractivity contribution in [3.05, 3.63) is 60.0 Å². The van der Waals surface area contributed by atoms with Crippen LogP contribution in [0.1, 0.15) is 5.56 Å². The third-order valence-electron chi connectivity index (χ3n) is 3.16. The normalized spacial score (nSPS) is 10.7. The Morgan fingerprint density at radius 1 is 1.05 bits per heavy atom. The van der Waals surface area contributed by atoms with Crippen molar-refractivity contribution in [1.82, 2.24) is 4.98 Å². The lowest BCUT2D eigenvalue weighted by Crippen LogP contribution is -1.96. The van der Waals surface area contributed by atoms with Crippen LogP contribution in [-0.2, 0) is 0 Å². The van der Waals surface area contributed by atoms with Gasteiger partial charge >= 0.3 is 0 Å². The van der Waals surface area contributed by atoms with Gasteiger partial charge in [-0.1, -0.05) is 6.07 Å². The molecule has 0 bridgehead atoms. The van der Waals surface area contributed by atoms with E-state index in [-0.39, 0.29) is 5.82 Å². The van der Waals surface area contributed by atoms with Crippen LogP contribution in [0.15, 0.2) is 48.7 Å². The molecule has 1 heterocycles. The molecular weight excluding hydrogens is 253 g/mol. The number of hydrogen-bond donors (Lipinski definition) is 2. The van der Waals surface area contributed by atoms with E-state index in [1.807, 2.05) is 25.1 Å². The van der Waals surface area contributed by atoms with Crippen LogP contribution in [-0.4, -0.2) is 4.98 Å². The zero-order valence-corrected chi connectivity index (χ0v) is 11.0.